The molecule has 32 heavy (non-hydrogen) atoms. The summed E-state index contributed by atoms with van der Waals surface area (Å²) in [6.45, 7) is 0. The van der Waals surface area contributed by atoms with E-state index in [1.54, 1.807) is 13.3 Å². The first kappa shape index (κ1) is 20.6. The summed E-state index contributed by atoms with van der Waals surface area (Å²) in [6.07, 6.45) is 3.32. The van der Waals surface area contributed by atoms with Crippen molar-refractivity contribution in [3.8, 4) is 28.3 Å². The van der Waals surface area contributed by atoms with Crippen LogP contribution in [0, 0.1) is 0 Å². The summed E-state index contributed by atoms with van der Waals surface area (Å²) < 4.78 is 12.6. The van der Waals surface area contributed by atoms with Crippen molar-refractivity contribution in [2.75, 3.05) is 7.11 Å². The van der Waals surface area contributed by atoms with Gasteiger partial charge in [-0.15, -0.1) is 0 Å². The van der Waals surface area contributed by atoms with Crippen molar-refractivity contribution in [1.82, 2.24) is 10.3 Å². The molecule has 1 saturated carbocycles. The van der Waals surface area contributed by atoms with Gasteiger partial charge >= 0.3 is 6.09 Å². The predicted molar refractivity (Wildman–Crippen MR) is 126 cm³/mol. The van der Waals surface area contributed by atoms with Crippen molar-refractivity contribution in [1.29, 1.82) is 0 Å². The van der Waals surface area contributed by atoms with E-state index < -0.39 is 11.6 Å². The zero-order valence-corrected chi connectivity index (χ0v) is 19.0. The van der Waals surface area contributed by atoms with Gasteiger partial charge in [0.1, 0.15) is 5.76 Å². The van der Waals surface area contributed by atoms with E-state index in [4.69, 9.17) is 9.15 Å². The molecule has 1 aliphatic carbocycles. The molecule has 0 saturated heterocycles. The highest BCUT2D eigenvalue weighted by Crippen LogP contribution is 2.47. The van der Waals surface area contributed by atoms with E-state index in [0.29, 0.717) is 17.2 Å². The summed E-state index contributed by atoms with van der Waals surface area (Å²) in [5.74, 6) is 1.13. The van der Waals surface area contributed by atoms with Gasteiger partial charge in [-0.05, 0) is 46.3 Å². The van der Waals surface area contributed by atoms with E-state index in [2.05, 4.69) is 26.2 Å². The van der Waals surface area contributed by atoms with Gasteiger partial charge < -0.3 is 19.6 Å². The quantitative estimate of drug-likeness (QED) is 0.328. The van der Waals surface area contributed by atoms with Crippen molar-refractivity contribution in [2.24, 2.45) is 0 Å². The van der Waals surface area contributed by atoms with Crippen molar-refractivity contribution in [3.05, 3.63) is 70.8 Å². The standard InChI is InChI=1S/C25H21BrN2O4/c1-31-23-22-20(18(26)14-27-23)19(15-6-3-2-4-7-15)21(32-22)16-8-10-17(11-9-16)25(12-5-13-25)28-24(29)30/h2-4,6-11,14,28H,5,12-13H2,1H3,(H,29,30). The average Bonchev–Trinajstić information content (AvgIpc) is 3.19. The second-order valence-corrected chi connectivity index (χ2v) is 8.79. The molecular weight excluding hydrogens is 472 g/mol. The molecule has 0 spiro atoms. The first-order chi connectivity index (χ1) is 15.5. The lowest BCUT2D eigenvalue weighted by Crippen LogP contribution is -2.50. The summed E-state index contributed by atoms with van der Waals surface area (Å²) in [4.78, 5) is 15.6. The average molecular weight is 493 g/mol. The maximum Gasteiger partial charge on any atom is 0.405 e. The van der Waals surface area contributed by atoms with Crippen LogP contribution in [0.25, 0.3) is 33.4 Å². The third-order valence-corrected chi connectivity index (χ3v) is 6.75. The highest BCUT2D eigenvalue weighted by molar-refractivity contribution is 9.10. The fourth-order valence-corrected chi connectivity index (χ4v) is 4.92. The smallest absolute Gasteiger partial charge is 0.405 e. The second kappa shape index (κ2) is 7.98. The fourth-order valence-electron chi connectivity index (χ4n) is 4.44. The van der Waals surface area contributed by atoms with Crippen molar-refractivity contribution < 1.29 is 19.1 Å². The van der Waals surface area contributed by atoms with Crippen LogP contribution in [0.1, 0.15) is 24.8 Å². The summed E-state index contributed by atoms with van der Waals surface area (Å²) in [7, 11) is 1.57. The lowest BCUT2D eigenvalue weighted by atomic mass is 9.72. The Hall–Kier alpha value is -3.32. The van der Waals surface area contributed by atoms with Crippen LogP contribution in [0.3, 0.4) is 0 Å². The number of ether oxygens (including phenoxy) is 1. The molecule has 2 aromatic carbocycles. The Labute approximate surface area is 193 Å². The number of carboxylic acid groups (broad SMARTS) is 1. The van der Waals surface area contributed by atoms with Crippen LogP contribution < -0.4 is 10.1 Å². The molecule has 1 fully saturated rings. The lowest BCUT2D eigenvalue weighted by molar-refractivity contribution is 0.144. The van der Waals surface area contributed by atoms with E-state index in [-0.39, 0.29) is 0 Å². The molecule has 1 aliphatic rings. The minimum absolute atomic E-state index is 0.419. The molecule has 162 valence electrons. The molecule has 1 amide bonds. The minimum atomic E-state index is -0.998. The van der Waals surface area contributed by atoms with Crippen LogP contribution in [0.4, 0.5) is 4.79 Å². The number of carbonyl (C=O) groups is 1. The number of nitrogens with zero attached hydrogens (tertiary/aromatic N) is 1. The molecule has 4 aromatic rings. The van der Waals surface area contributed by atoms with E-state index in [0.717, 1.165) is 51.4 Å². The van der Waals surface area contributed by atoms with Gasteiger partial charge in [0.15, 0.2) is 5.58 Å². The molecule has 0 unspecified atom stereocenters. The van der Waals surface area contributed by atoms with Gasteiger partial charge in [0.25, 0.3) is 5.88 Å². The maximum atomic E-state index is 11.3. The molecule has 2 N–H and O–H groups in total. The number of halogens is 1. The topological polar surface area (TPSA) is 84.6 Å². The van der Waals surface area contributed by atoms with Crippen molar-refractivity contribution in [2.45, 2.75) is 24.8 Å². The second-order valence-electron chi connectivity index (χ2n) is 7.93. The Morgan fingerprint density at radius 3 is 2.44 bits per heavy atom. The van der Waals surface area contributed by atoms with Crippen LogP contribution in [0.5, 0.6) is 5.88 Å². The molecule has 0 bridgehead atoms. The third kappa shape index (κ3) is 3.33. The third-order valence-electron chi connectivity index (χ3n) is 6.15. The van der Waals surface area contributed by atoms with E-state index in [1.807, 2.05) is 54.6 Å². The van der Waals surface area contributed by atoms with Gasteiger partial charge in [-0.3, -0.25) is 0 Å². The predicted octanol–water partition coefficient (Wildman–Crippen LogP) is 6.58. The van der Waals surface area contributed by atoms with Crippen LogP contribution in [-0.2, 0) is 5.54 Å². The zero-order valence-electron chi connectivity index (χ0n) is 17.4. The van der Waals surface area contributed by atoms with Gasteiger partial charge in [-0.25, -0.2) is 9.78 Å². The normalized spacial score (nSPS) is 14.7. The van der Waals surface area contributed by atoms with E-state index >= 15 is 0 Å². The molecule has 0 atom stereocenters. The number of benzene rings is 2. The first-order valence-electron chi connectivity index (χ1n) is 10.3. The van der Waals surface area contributed by atoms with Crippen molar-refractivity contribution in [3.63, 3.8) is 0 Å². The molecule has 7 heteroatoms. The van der Waals surface area contributed by atoms with Gasteiger partial charge in [0, 0.05) is 21.8 Å². The number of rotatable bonds is 5. The Balaban J connectivity index is 1.68. The Kier molecular flexibility index (Phi) is 5.13. The summed E-state index contributed by atoms with van der Waals surface area (Å²) in [6, 6.07) is 18.0. The molecule has 0 aliphatic heterocycles. The largest absolute Gasteiger partial charge is 0.478 e. The van der Waals surface area contributed by atoms with E-state index in [9.17, 15) is 9.90 Å². The highest BCUT2D eigenvalue weighted by Gasteiger charge is 2.40. The summed E-state index contributed by atoms with van der Waals surface area (Å²) >= 11 is 3.63. The summed E-state index contributed by atoms with van der Waals surface area (Å²) in [5.41, 5.74) is 3.89. The number of aromatic nitrogens is 1. The minimum Gasteiger partial charge on any atom is -0.478 e. The number of amides is 1. The number of nitrogens with one attached hydrogen (secondary N) is 1. The number of methoxy groups -OCH3 is 1. The van der Waals surface area contributed by atoms with Crippen LogP contribution >= 0.6 is 15.9 Å². The van der Waals surface area contributed by atoms with Gasteiger partial charge in [0.2, 0.25) is 0 Å². The Morgan fingerprint density at radius 1 is 1.12 bits per heavy atom. The number of hydrogen-bond acceptors (Lipinski definition) is 4. The zero-order chi connectivity index (χ0) is 22.3. The summed E-state index contributed by atoms with van der Waals surface area (Å²) in [5, 5.41) is 12.9. The lowest BCUT2D eigenvalue weighted by Gasteiger charge is -2.42. The molecule has 0 radical (unpaired) electrons. The van der Waals surface area contributed by atoms with E-state index in [1.165, 1.54) is 0 Å². The number of hydrogen-bond donors (Lipinski definition) is 2. The van der Waals surface area contributed by atoms with Gasteiger partial charge in [-0.1, -0.05) is 54.6 Å². The van der Waals surface area contributed by atoms with Crippen LogP contribution in [0.2, 0.25) is 0 Å². The number of pyridine rings is 1. The molecular formula is C25H21BrN2O4. The molecule has 2 heterocycles. The van der Waals surface area contributed by atoms with Crippen LogP contribution in [0.15, 0.2) is 69.7 Å². The number of fused-ring (bicyclic) bond motifs is 1. The molecule has 5 rings (SSSR count). The van der Waals surface area contributed by atoms with Gasteiger partial charge in [-0.2, -0.15) is 0 Å². The van der Waals surface area contributed by atoms with Gasteiger partial charge in [0.05, 0.1) is 18.0 Å². The maximum absolute atomic E-state index is 11.3. The molecule has 2 aromatic heterocycles. The SMILES string of the molecule is COc1ncc(Br)c2c(-c3ccccc3)c(-c3ccc(C4(NC(=O)O)CCC4)cc3)oc12. The fraction of sp³-hybridized carbons (Fsp3) is 0.200. The number of furan rings is 1. The molecule has 6 nitrogen and oxygen atoms in total. The Bertz CT molecular complexity index is 1300. The monoisotopic (exact) mass is 492 g/mol. The van der Waals surface area contributed by atoms with Crippen molar-refractivity contribution >= 4 is 33.0 Å². The Morgan fingerprint density at radius 2 is 1.84 bits per heavy atom. The van der Waals surface area contributed by atoms with Crippen LogP contribution in [-0.4, -0.2) is 23.3 Å². The first-order valence-corrected chi connectivity index (χ1v) is 11.1. The highest BCUT2D eigenvalue weighted by atomic mass is 79.9.